The molecule has 2 aromatic rings. The number of benzene rings is 2. The van der Waals surface area contributed by atoms with Crippen LogP contribution >= 0.6 is 0 Å². The van der Waals surface area contributed by atoms with E-state index >= 15 is 0 Å². The molecule has 10 heteroatoms. The van der Waals surface area contributed by atoms with E-state index in [0.717, 1.165) is 11.1 Å². The van der Waals surface area contributed by atoms with E-state index in [4.69, 9.17) is 9.47 Å². The highest BCUT2D eigenvalue weighted by atomic mass is 32.2. The molecular weight excluding hydrogens is 446 g/mol. The maximum absolute atomic E-state index is 13.0. The van der Waals surface area contributed by atoms with Gasteiger partial charge in [0, 0.05) is 18.7 Å². The van der Waals surface area contributed by atoms with Gasteiger partial charge in [-0.05, 0) is 63.1 Å². The molecule has 1 heterocycles. The first-order valence-corrected chi connectivity index (χ1v) is 12.0. The minimum Gasteiger partial charge on any atom is -0.483 e. The fourth-order valence-electron chi connectivity index (χ4n) is 3.51. The van der Waals surface area contributed by atoms with Crippen molar-refractivity contribution in [2.75, 3.05) is 19.7 Å². The molecule has 0 spiro atoms. The average Bonchev–Trinajstić information content (AvgIpc) is 2.77. The molecule has 0 saturated carbocycles. The molecular formula is C23H29N3O6S. The molecule has 9 nitrogen and oxygen atoms in total. The first kappa shape index (κ1) is 24.7. The molecule has 2 amide bonds. The van der Waals surface area contributed by atoms with Crippen molar-refractivity contribution in [3.8, 4) is 5.75 Å². The monoisotopic (exact) mass is 475 g/mol. The number of hydrazine groups is 1. The van der Waals surface area contributed by atoms with Crippen molar-refractivity contribution in [3.63, 3.8) is 0 Å². The number of hydrogen-bond donors (Lipinski definition) is 2. The normalized spacial score (nSPS) is 19.0. The smallest absolute Gasteiger partial charge is 0.276 e. The fourth-order valence-corrected chi connectivity index (χ4v) is 5.15. The maximum atomic E-state index is 13.0. The topological polar surface area (TPSA) is 114 Å². The number of nitrogens with one attached hydrogen (secondary N) is 2. The van der Waals surface area contributed by atoms with Gasteiger partial charge in [0.05, 0.1) is 17.1 Å². The molecule has 0 unspecified atom stereocenters. The second-order valence-corrected chi connectivity index (χ2v) is 10.1. The molecule has 0 aromatic heterocycles. The molecule has 2 aromatic carbocycles. The second kappa shape index (κ2) is 10.3. The highest BCUT2D eigenvalue weighted by Crippen LogP contribution is 2.22. The summed E-state index contributed by atoms with van der Waals surface area (Å²) in [6.07, 6.45) is -0.452. The Kier molecular flexibility index (Phi) is 7.72. The minimum absolute atomic E-state index is 0.000956. The number of carbonyl (C=O) groups excluding carboxylic acids is 2. The van der Waals surface area contributed by atoms with Crippen LogP contribution in [0.15, 0.2) is 47.4 Å². The lowest BCUT2D eigenvalue weighted by Crippen LogP contribution is -2.48. The van der Waals surface area contributed by atoms with Crippen molar-refractivity contribution >= 4 is 21.8 Å². The summed E-state index contributed by atoms with van der Waals surface area (Å²) in [4.78, 5) is 24.6. The standard InChI is InChI=1S/C23H29N3O6S/c1-15-8-9-16(2)21(10-15)31-14-22(27)24-25-23(28)19-6-5-7-20(11-19)33(29,30)26-12-17(3)32-18(4)13-26/h5-11,17-18H,12-14H2,1-4H3,(H,24,27)(H,25,28)/t17-,18-/m1/s1. The van der Waals surface area contributed by atoms with E-state index in [1.807, 2.05) is 45.9 Å². The van der Waals surface area contributed by atoms with Crippen LogP contribution in [-0.4, -0.2) is 56.4 Å². The molecule has 0 bridgehead atoms. The zero-order valence-electron chi connectivity index (χ0n) is 19.1. The Morgan fingerprint density at radius 2 is 1.76 bits per heavy atom. The third-order valence-electron chi connectivity index (χ3n) is 5.14. The van der Waals surface area contributed by atoms with Crippen LogP contribution in [0.4, 0.5) is 0 Å². The van der Waals surface area contributed by atoms with Gasteiger partial charge >= 0.3 is 0 Å². The van der Waals surface area contributed by atoms with Gasteiger partial charge in [0.2, 0.25) is 10.0 Å². The fraction of sp³-hybridized carbons (Fsp3) is 0.391. The van der Waals surface area contributed by atoms with Gasteiger partial charge in [-0.25, -0.2) is 8.42 Å². The van der Waals surface area contributed by atoms with Crippen LogP contribution in [0.1, 0.15) is 35.3 Å². The molecule has 2 atom stereocenters. The maximum Gasteiger partial charge on any atom is 0.276 e. The van der Waals surface area contributed by atoms with Gasteiger partial charge in [0.1, 0.15) is 5.75 Å². The number of hydrogen-bond acceptors (Lipinski definition) is 6. The van der Waals surface area contributed by atoms with Crippen LogP contribution in [0.2, 0.25) is 0 Å². The van der Waals surface area contributed by atoms with Crippen LogP contribution in [-0.2, 0) is 19.6 Å². The lowest BCUT2D eigenvalue weighted by molar-refractivity contribution is -0.123. The summed E-state index contributed by atoms with van der Waals surface area (Å²) < 4.78 is 38.6. The Morgan fingerprint density at radius 3 is 2.45 bits per heavy atom. The van der Waals surface area contributed by atoms with Gasteiger partial charge in [0.15, 0.2) is 6.61 Å². The van der Waals surface area contributed by atoms with E-state index in [2.05, 4.69) is 10.9 Å². The van der Waals surface area contributed by atoms with Crippen molar-refractivity contribution in [1.82, 2.24) is 15.2 Å². The molecule has 1 fully saturated rings. The molecule has 0 radical (unpaired) electrons. The van der Waals surface area contributed by atoms with Gasteiger partial charge in [-0.3, -0.25) is 20.4 Å². The number of amides is 2. The molecule has 178 valence electrons. The molecule has 2 N–H and O–H groups in total. The van der Waals surface area contributed by atoms with Crippen molar-refractivity contribution < 1.29 is 27.5 Å². The average molecular weight is 476 g/mol. The molecule has 0 aliphatic carbocycles. The Hall–Kier alpha value is -2.95. The highest BCUT2D eigenvalue weighted by Gasteiger charge is 2.32. The zero-order chi connectivity index (χ0) is 24.2. The third kappa shape index (κ3) is 6.31. The van der Waals surface area contributed by atoms with Gasteiger partial charge in [-0.2, -0.15) is 4.31 Å². The lowest BCUT2D eigenvalue weighted by Gasteiger charge is -2.34. The summed E-state index contributed by atoms with van der Waals surface area (Å²) in [5.41, 5.74) is 6.55. The predicted octanol–water partition coefficient (Wildman–Crippen LogP) is 1.94. The van der Waals surface area contributed by atoms with Crippen LogP contribution in [0.5, 0.6) is 5.75 Å². The molecule has 1 aliphatic rings. The van der Waals surface area contributed by atoms with Gasteiger partial charge in [-0.1, -0.05) is 18.2 Å². The summed E-state index contributed by atoms with van der Waals surface area (Å²) in [5.74, 6) is -0.610. The van der Waals surface area contributed by atoms with Crippen molar-refractivity contribution in [2.45, 2.75) is 44.8 Å². The predicted molar refractivity (Wildman–Crippen MR) is 122 cm³/mol. The number of ether oxygens (including phenoxy) is 2. The molecule has 1 aliphatic heterocycles. The Morgan fingerprint density at radius 1 is 1.06 bits per heavy atom. The van der Waals surface area contributed by atoms with E-state index in [0.29, 0.717) is 5.75 Å². The van der Waals surface area contributed by atoms with Crippen LogP contribution < -0.4 is 15.6 Å². The number of rotatable bonds is 6. The van der Waals surface area contributed by atoms with Crippen LogP contribution in [0, 0.1) is 13.8 Å². The number of sulfonamides is 1. The minimum atomic E-state index is -3.80. The number of morpholine rings is 1. The number of nitrogens with zero attached hydrogens (tertiary/aromatic N) is 1. The van der Waals surface area contributed by atoms with E-state index in [1.54, 1.807) is 0 Å². The summed E-state index contributed by atoms with van der Waals surface area (Å²) in [6, 6.07) is 11.3. The molecule has 33 heavy (non-hydrogen) atoms. The summed E-state index contributed by atoms with van der Waals surface area (Å²) in [7, 11) is -3.80. The zero-order valence-corrected chi connectivity index (χ0v) is 19.9. The Labute approximate surface area is 194 Å². The number of carbonyl (C=O) groups is 2. The van der Waals surface area contributed by atoms with Crippen LogP contribution in [0.3, 0.4) is 0 Å². The first-order valence-electron chi connectivity index (χ1n) is 10.6. The van der Waals surface area contributed by atoms with Gasteiger partial charge in [-0.15, -0.1) is 0 Å². The lowest BCUT2D eigenvalue weighted by atomic mass is 10.1. The van der Waals surface area contributed by atoms with Gasteiger partial charge in [0.25, 0.3) is 11.8 Å². The molecule has 1 saturated heterocycles. The number of aryl methyl sites for hydroxylation is 2. The summed E-state index contributed by atoms with van der Waals surface area (Å²) >= 11 is 0. The van der Waals surface area contributed by atoms with E-state index in [9.17, 15) is 18.0 Å². The SMILES string of the molecule is Cc1ccc(C)c(OCC(=O)NNC(=O)c2cccc(S(=O)(=O)N3C[C@@H](C)O[C@H](C)C3)c2)c1. The second-order valence-electron chi connectivity index (χ2n) is 8.17. The largest absolute Gasteiger partial charge is 0.483 e. The summed E-state index contributed by atoms with van der Waals surface area (Å²) in [5, 5.41) is 0. The van der Waals surface area contributed by atoms with Crippen molar-refractivity contribution in [1.29, 1.82) is 0 Å². The van der Waals surface area contributed by atoms with Gasteiger partial charge < -0.3 is 9.47 Å². The van der Waals surface area contributed by atoms with Crippen LogP contribution in [0.25, 0.3) is 0 Å². The van der Waals surface area contributed by atoms with Crippen molar-refractivity contribution in [3.05, 3.63) is 59.2 Å². The Balaban J connectivity index is 1.60. The Bertz CT molecular complexity index is 1120. The first-order chi connectivity index (χ1) is 15.6. The highest BCUT2D eigenvalue weighted by molar-refractivity contribution is 7.89. The van der Waals surface area contributed by atoms with E-state index in [1.165, 1.54) is 28.6 Å². The van der Waals surface area contributed by atoms with Crippen molar-refractivity contribution in [2.24, 2.45) is 0 Å². The molecule has 3 rings (SSSR count). The summed E-state index contributed by atoms with van der Waals surface area (Å²) in [6.45, 7) is 7.60. The quantitative estimate of drug-likeness (QED) is 0.618. The third-order valence-corrected chi connectivity index (χ3v) is 6.97. The van der Waals surface area contributed by atoms with E-state index < -0.39 is 21.8 Å². The van der Waals surface area contributed by atoms with E-state index in [-0.39, 0.29) is 42.4 Å².